The van der Waals surface area contributed by atoms with E-state index in [1.165, 1.54) is 10.2 Å². The number of nitrogens with one attached hydrogen (secondary N) is 1. The Morgan fingerprint density at radius 1 is 1.50 bits per heavy atom. The third-order valence-electron chi connectivity index (χ3n) is 4.33. The van der Waals surface area contributed by atoms with E-state index in [4.69, 9.17) is 5.11 Å². The second-order valence-electron chi connectivity index (χ2n) is 5.97. The number of anilines is 1. The molecule has 8 heteroatoms. The summed E-state index contributed by atoms with van der Waals surface area (Å²) in [5.74, 6) is 1.19. The molecule has 0 bridgehead atoms. The summed E-state index contributed by atoms with van der Waals surface area (Å²) < 4.78 is 1.48. The highest BCUT2D eigenvalue weighted by Gasteiger charge is 2.25. The summed E-state index contributed by atoms with van der Waals surface area (Å²) in [5.41, 5.74) is 1.67. The molecule has 1 amide bonds. The maximum atomic E-state index is 12.5. The number of rotatable bonds is 5. The van der Waals surface area contributed by atoms with Crippen molar-refractivity contribution in [3.05, 3.63) is 35.8 Å². The molecule has 0 spiro atoms. The first kappa shape index (κ1) is 16.4. The Bertz CT molecular complexity index is 701. The molecule has 0 aliphatic carbocycles. The Morgan fingerprint density at radius 2 is 2.38 bits per heavy atom. The molecule has 1 aliphatic heterocycles. The van der Waals surface area contributed by atoms with E-state index in [9.17, 15) is 4.79 Å². The lowest BCUT2D eigenvalue weighted by Gasteiger charge is -2.33. The van der Waals surface area contributed by atoms with E-state index in [1.807, 2.05) is 24.1 Å². The van der Waals surface area contributed by atoms with Gasteiger partial charge in [-0.3, -0.25) is 4.79 Å². The van der Waals surface area contributed by atoms with E-state index in [0.717, 1.165) is 25.2 Å². The molecule has 8 nitrogen and oxygen atoms in total. The molecule has 3 heterocycles. The smallest absolute Gasteiger partial charge is 0.244 e. The number of likely N-dealkylation sites (tertiary alicyclic amines) is 1. The lowest BCUT2D eigenvalue weighted by Crippen LogP contribution is -2.40. The molecule has 1 fully saturated rings. The number of piperidine rings is 1. The van der Waals surface area contributed by atoms with Crippen LogP contribution in [0.15, 0.2) is 24.5 Å². The summed E-state index contributed by atoms with van der Waals surface area (Å²) >= 11 is 0. The first-order valence-corrected chi connectivity index (χ1v) is 8.11. The lowest BCUT2D eigenvalue weighted by atomic mass is 9.91. The number of nitrogens with zero attached hydrogens (tertiary/aromatic N) is 5. The lowest BCUT2D eigenvalue weighted by molar-refractivity contribution is -0.133. The summed E-state index contributed by atoms with van der Waals surface area (Å²) in [4.78, 5) is 18.6. The summed E-state index contributed by atoms with van der Waals surface area (Å²) in [6.07, 6.45) is 5.44. The van der Waals surface area contributed by atoms with E-state index in [-0.39, 0.29) is 19.1 Å². The van der Waals surface area contributed by atoms with Gasteiger partial charge in [0.1, 0.15) is 18.1 Å². The van der Waals surface area contributed by atoms with Crippen LogP contribution in [0.25, 0.3) is 0 Å². The zero-order chi connectivity index (χ0) is 16.9. The van der Waals surface area contributed by atoms with Gasteiger partial charge in [0.25, 0.3) is 0 Å². The van der Waals surface area contributed by atoms with Gasteiger partial charge in [-0.05, 0) is 30.5 Å². The monoisotopic (exact) mass is 330 g/mol. The predicted octanol–water partition coefficient (Wildman–Crippen LogP) is 0.613. The Kier molecular flexibility index (Phi) is 5.05. The van der Waals surface area contributed by atoms with Crippen molar-refractivity contribution in [2.45, 2.75) is 31.9 Å². The normalized spacial score (nSPS) is 17.8. The Morgan fingerprint density at radius 3 is 3.12 bits per heavy atom. The molecule has 24 heavy (non-hydrogen) atoms. The summed E-state index contributed by atoms with van der Waals surface area (Å²) in [6.45, 7) is 1.45. The average molecular weight is 330 g/mol. The van der Waals surface area contributed by atoms with Crippen LogP contribution in [0.1, 0.15) is 30.0 Å². The van der Waals surface area contributed by atoms with Crippen molar-refractivity contribution in [1.82, 2.24) is 24.9 Å². The number of carbonyl (C=O) groups is 1. The fraction of sp³-hybridized carbons (Fsp3) is 0.500. The van der Waals surface area contributed by atoms with E-state index in [1.54, 1.807) is 12.4 Å². The summed E-state index contributed by atoms with van der Waals surface area (Å²) in [5, 5.41) is 19.7. The van der Waals surface area contributed by atoms with Gasteiger partial charge in [0.05, 0.1) is 12.8 Å². The van der Waals surface area contributed by atoms with Crippen molar-refractivity contribution in [2.24, 2.45) is 0 Å². The molecule has 1 saturated heterocycles. The number of amides is 1. The zero-order valence-corrected chi connectivity index (χ0v) is 13.7. The number of aliphatic hydroxyl groups excluding tert-OH is 1. The summed E-state index contributed by atoms with van der Waals surface area (Å²) in [6, 6.07) is 4.06. The van der Waals surface area contributed by atoms with E-state index < -0.39 is 0 Å². The van der Waals surface area contributed by atoms with E-state index >= 15 is 0 Å². The summed E-state index contributed by atoms with van der Waals surface area (Å²) in [7, 11) is 1.85. The van der Waals surface area contributed by atoms with Gasteiger partial charge in [-0.1, -0.05) is 5.21 Å². The maximum absolute atomic E-state index is 12.5. The molecule has 3 rings (SSSR count). The molecule has 2 aromatic rings. The fourth-order valence-corrected chi connectivity index (χ4v) is 3.04. The van der Waals surface area contributed by atoms with Crippen LogP contribution in [0.2, 0.25) is 0 Å². The molecule has 2 N–H and O–H groups in total. The fourth-order valence-electron chi connectivity index (χ4n) is 3.04. The molecular formula is C16H22N6O2. The second-order valence-corrected chi connectivity index (χ2v) is 5.97. The maximum Gasteiger partial charge on any atom is 0.244 e. The van der Waals surface area contributed by atoms with Crippen LogP contribution in [0.3, 0.4) is 0 Å². The molecule has 0 aromatic carbocycles. The second kappa shape index (κ2) is 7.39. The number of aromatic nitrogens is 4. The first-order chi connectivity index (χ1) is 11.7. The predicted molar refractivity (Wildman–Crippen MR) is 88.3 cm³/mol. The molecule has 1 aliphatic rings. The van der Waals surface area contributed by atoms with E-state index in [0.29, 0.717) is 18.2 Å². The molecule has 0 saturated carbocycles. The highest BCUT2D eigenvalue weighted by atomic mass is 16.3. The number of pyridine rings is 1. The Hall–Kier alpha value is -2.48. The third kappa shape index (κ3) is 3.70. The molecule has 1 unspecified atom stereocenters. The molecule has 0 radical (unpaired) electrons. The first-order valence-electron chi connectivity index (χ1n) is 8.11. The van der Waals surface area contributed by atoms with Gasteiger partial charge >= 0.3 is 0 Å². The van der Waals surface area contributed by atoms with Crippen LogP contribution in [-0.2, 0) is 17.9 Å². The average Bonchev–Trinajstić information content (AvgIpc) is 3.09. The number of carbonyl (C=O) groups excluding carboxylic acids is 1. The van der Waals surface area contributed by atoms with E-state index in [2.05, 4.69) is 20.6 Å². The van der Waals surface area contributed by atoms with Gasteiger partial charge in [0, 0.05) is 32.3 Å². The van der Waals surface area contributed by atoms with Crippen LogP contribution in [0.5, 0.6) is 0 Å². The zero-order valence-electron chi connectivity index (χ0n) is 13.7. The van der Waals surface area contributed by atoms with Crippen molar-refractivity contribution < 1.29 is 9.90 Å². The van der Waals surface area contributed by atoms with Gasteiger partial charge in [-0.2, -0.15) is 0 Å². The van der Waals surface area contributed by atoms with Gasteiger partial charge in [-0.15, -0.1) is 5.10 Å². The quantitative estimate of drug-likeness (QED) is 0.834. The number of aliphatic hydroxyl groups is 1. The van der Waals surface area contributed by atoms with Gasteiger partial charge in [-0.25, -0.2) is 9.67 Å². The standard InChI is InChI=1S/C16H22N6O2/c1-17-15-7-12(4-5-18-15)13-3-2-6-21(8-13)16(24)10-22-9-14(11-23)19-20-22/h4-5,7,9,13,23H,2-3,6,8,10-11H2,1H3,(H,17,18). The van der Waals surface area contributed by atoms with Crippen molar-refractivity contribution in [1.29, 1.82) is 0 Å². The van der Waals surface area contributed by atoms with Crippen molar-refractivity contribution in [3.63, 3.8) is 0 Å². The minimum absolute atomic E-state index is 0.0250. The van der Waals surface area contributed by atoms with Gasteiger partial charge in [0.2, 0.25) is 5.91 Å². The van der Waals surface area contributed by atoms with Crippen molar-refractivity contribution in [3.8, 4) is 0 Å². The molecule has 128 valence electrons. The Labute approximate surface area is 140 Å². The SMILES string of the molecule is CNc1cc(C2CCCN(C(=O)Cn3cc(CO)nn3)C2)ccn1. The van der Waals surface area contributed by atoms with Crippen LogP contribution in [0, 0.1) is 0 Å². The largest absolute Gasteiger partial charge is 0.390 e. The van der Waals surface area contributed by atoms with Crippen molar-refractivity contribution >= 4 is 11.7 Å². The molecule has 1 atom stereocenters. The molecular weight excluding hydrogens is 308 g/mol. The highest BCUT2D eigenvalue weighted by molar-refractivity contribution is 5.76. The number of hydrogen-bond acceptors (Lipinski definition) is 6. The molecule has 2 aromatic heterocycles. The topological polar surface area (TPSA) is 96.2 Å². The van der Waals surface area contributed by atoms with Crippen LogP contribution in [0.4, 0.5) is 5.82 Å². The van der Waals surface area contributed by atoms with Crippen LogP contribution >= 0.6 is 0 Å². The number of hydrogen-bond donors (Lipinski definition) is 2. The van der Waals surface area contributed by atoms with Crippen molar-refractivity contribution in [2.75, 3.05) is 25.5 Å². The van der Waals surface area contributed by atoms with Gasteiger partial charge in [0.15, 0.2) is 0 Å². The minimum atomic E-state index is -0.171. The highest BCUT2D eigenvalue weighted by Crippen LogP contribution is 2.27. The van der Waals surface area contributed by atoms with Crippen LogP contribution < -0.4 is 5.32 Å². The third-order valence-corrected chi connectivity index (χ3v) is 4.33. The Balaban J connectivity index is 1.64. The van der Waals surface area contributed by atoms with Crippen LogP contribution in [-0.4, -0.2) is 56.0 Å². The minimum Gasteiger partial charge on any atom is -0.390 e. The van der Waals surface area contributed by atoms with Gasteiger partial charge < -0.3 is 15.3 Å².